The summed E-state index contributed by atoms with van der Waals surface area (Å²) < 4.78 is 52.9. The standard InChI is InChI=1S/C40H41F3N2O11/c1-23(46)35-27(20-33(47)48)19-31(36(35)38(51)52)37(50)45-28-11-10-26(32(21-28)44-2)22-55-34(49)16-7-24-5-8-25(9-6-24)39(53)56-30-14-12-29(13-15-30)54-18-4-3-17-40(41,42)43/h5-16,21,27,31,35-36,44H,3-4,17-20,22H2,1-2H3,(H,45,50)(H,47,48)(H,51,52)/b16-7+. The van der Waals surface area contributed by atoms with Crippen molar-refractivity contribution in [3.8, 4) is 11.5 Å². The van der Waals surface area contributed by atoms with Gasteiger partial charge in [0.2, 0.25) is 5.91 Å². The van der Waals surface area contributed by atoms with E-state index in [1.165, 1.54) is 49.4 Å². The number of anilines is 2. The Kier molecular flexibility index (Phi) is 14.8. The largest absolute Gasteiger partial charge is 0.494 e. The Morgan fingerprint density at radius 3 is 2.18 bits per heavy atom. The smallest absolute Gasteiger partial charge is 0.389 e. The maximum absolute atomic E-state index is 13.2. The minimum Gasteiger partial charge on any atom is -0.494 e. The number of amides is 1. The molecule has 4 rings (SSSR count). The summed E-state index contributed by atoms with van der Waals surface area (Å²) in [4.78, 5) is 74.1. The Morgan fingerprint density at radius 1 is 0.893 bits per heavy atom. The summed E-state index contributed by atoms with van der Waals surface area (Å²) in [6.07, 6.45) is -2.67. The number of aliphatic carboxylic acids is 2. The number of carbonyl (C=O) groups is 6. The highest BCUT2D eigenvalue weighted by Gasteiger charge is 2.52. The molecule has 3 aromatic rings. The van der Waals surface area contributed by atoms with Gasteiger partial charge in [0.25, 0.3) is 0 Å². The Hall–Kier alpha value is -6.19. The molecule has 4 unspecified atom stereocenters. The molecule has 1 aliphatic rings. The average molecular weight is 783 g/mol. The van der Waals surface area contributed by atoms with E-state index in [0.717, 1.165) is 0 Å². The third kappa shape index (κ3) is 12.4. The summed E-state index contributed by atoms with van der Waals surface area (Å²) in [5.41, 5.74) is 2.17. The fourth-order valence-corrected chi connectivity index (χ4v) is 6.50. The molecular formula is C40H41F3N2O11. The van der Waals surface area contributed by atoms with Crippen LogP contribution in [0.5, 0.6) is 11.5 Å². The van der Waals surface area contributed by atoms with Crippen molar-refractivity contribution in [2.24, 2.45) is 23.7 Å². The number of carboxylic acid groups (broad SMARTS) is 2. The van der Waals surface area contributed by atoms with Gasteiger partial charge < -0.3 is 35.1 Å². The molecule has 0 aliphatic heterocycles. The third-order valence-electron chi connectivity index (χ3n) is 9.15. The number of alkyl halides is 3. The number of esters is 2. The number of hydrogen-bond donors (Lipinski definition) is 4. The van der Waals surface area contributed by atoms with Gasteiger partial charge in [0.05, 0.1) is 24.0 Å². The monoisotopic (exact) mass is 782 g/mol. The number of halogens is 3. The number of unbranched alkanes of at least 4 members (excludes halogenated alkanes) is 1. The Balaban J connectivity index is 1.26. The van der Waals surface area contributed by atoms with Crippen LogP contribution in [0.2, 0.25) is 0 Å². The maximum atomic E-state index is 13.2. The van der Waals surface area contributed by atoms with E-state index >= 15 is 0 Å². The molecule has 1 fully saturated rings. The van der Waals surface area contributed by atoms with Gasteiger partial charge in [-0.2, -0.15) is 13.2 Å². The number of carbonyl (C=O) groups excluding carboxylic acids is 4. The lowest BCUT2D eigenvalue weighted by Gasteiger charge is -2.20. The SMILES string of the molecule is CNc1cc(NC(=O)C2CC(CC(=O)O)C(C(C)=O)C2C(=O)O)ccc1COC(=O)/C=C/c1ccc(C(=O)Oc2ccc(OCCCCC(F)(F)F)cc2)cc1. The minimum absolute atomic E-state index is 0.0343. The molecule has 0 aromatic heterocycles. The van der Waals surface area contributed by atoms with Crippen LogP contribution in [0.1, 0.15) is 60.5 Å². The molecule has 4 atom stereocenters. The number of hydrogen-bond acceptors (Lipinski definition) is 10. The van der Waals surface area contributed by atoms with Crippen molar-refractivity contribution >= 4 is 53.0 Å². The van der Waals surface area contributed by atoms with Crippen LogP contribution in [-0.2, 0) is 35.3 Å². The lowest BCUT2D eigenvalue weighted by molar-refractivity contribution is -0.149. The van der Waals surface area contributed by atoms with E-state index in [-0.39, 0.29) is 43.8 Å². The fourth-order valence-electron chi connectivity index (χ4n) is 6.50. The van der Waals surface area contributed by atoms with Gasteiger partial charge >= 0.3 is 30.1 Å². The number of Topliss-reactive ketones (excluding diaryl/α,β-unsaturated/α-hetero) is 1. The fraction of sp³-hybridized carbons (Fsp3) is 0.350. The molecule has 0 radical (unpaired) electrons. The number of ketones is 1. The molecule has 4 N–H and O–H groups in total. The molecule has 0 saturated heterocycles. The molecule has 1 aliphatic carbocycles. The zero-order valence-electron chi connectivity index (χ0n) is 30.5. The van der Waals surface area contributed by atoms with E-state index in [0.29, 0.717) is 28.3 Å². The van der Waals surface area contributed by atoms with Crippen LogP contribution in [0.4, 0.5) is 24.5 Å². The number of nitrogens with one attached hydrogen (secondary N) is 2. The van der Waals surface area contributed by atoms with E-state index < -0.39 is 78.3 Å². The summed E-state index contributed by atoms with van der Waals surface area (Å²) >= 11 is 0. The molecule has 1 saturated carbocycles. The first-order valence-corrected chi connectivity index (χ1v) is 17.6. The molecule has 298 valence electrons. The van der Waals surface area contributed by atoms with Gasteiger partial charge in [-0.1, -0.05) is 18.2 Å². The first-order valence-electron chi connectivity index (χ1n) is 17.6. The minimum atomic E-state index is -4.19. The van der Waals surface area contributed by atoms with Crippen molar-refractivity contribution in [2.75, 3.05) is 24.3 Å². The van der Waals surface area contributed by atoms with Gasteiger partial charge in [0, 0.05) is 48.8 Å². The first kappa shape index (κ1) is 42.6. The lowest BCUT2D eigenvalue weighted by Crippen LogP contribution is -2.35. The molecule has 1 amide bonds. The molecule has 13 nitrogen and oxygen atoms in total. The van der Waals surface area contributed by atoms with Gasteiger partial charge in [-0.25, -0.2) is 9.59 Å². The first-order chi connectivity index (χ1) is 26.5. The van der Waals surface area contributed by atoms with Crippen molar-refractivity contribution in [1.82, 2.24) is 0 Å². The van der Waals surface area contributed by atoms with Crippen LogP contribution in [0.25, 0.3) is 6.08 Å². The molecular weight excluding hydrogens is 741 g/mol. The summed E-state index contributed by atoms with van der Waals surface area (Å²) in [5, 5.41) is 24.7. The van der Waals surface area contributed by atoms with E-state index in [1.807, 2.05) is 0 Å². The normalized spacial score (nSPS) is 17.9. The summed E-state index contributed by atoms with van der Waals surface area (Å²) in [5.74, 6) is -8.74. The Bertz CT molecular complexity index is 1930. The van der Waals surface area contributed by atoms with Crippen molar-refractivity contribution in [2.45, 2.75) is 51.8 Å². The van der Waals surface area contributed by atoms with Crippen molar-refractivity contribution < 1.29 is 66.4 Å². The number of ether oxygens (including phenoxy) is 3. The van der Waals surface area contributed by atoms with Crippen LogP contribution >= 0.6 is 0 Å². The van der Waals surface area contributed by atoms with Gasteiger partial charge in [0.15, 0.2) is 0 Å². The second-order valence-corrected chi connectivity index (χ2v) is 13.2. The predicted molar refractivity (Wildman–Crippen MR) is 196 cm³/mol. The van der Waals surface area contributed by atoms with E-state index in [4.69, 9.17) is 14.2 Å². The molecule has 3 aromatic carbocycles. The second kappa shape index (κ2) is 19.4. The van der Waals surface area contributed by atoms with Crippen LogP contribution in [0.15, 0.2) is 72.8 Å². The molecule has 16 heteroatoms. The number of benzene rings is 3. The lowest BCUT2D eigenvalue weighted by atomic mass is 9.83. The zero-order chi connectivity index (χ0) is 41.0. The molecule has 0 heterocycles. The van der Waals surface area contributed by atoms with Crippen molar-refractivity contribution in [3.05, 3.63) is 89.5 Å². The van der Waals surface area contributed by atoms with E-state index in [1.54, 1.807) is 43.4 Å². The number of carboxylic acids is 2. The van der Waals surface area contributed by atoms with Gasteiger partial charge in [0.1, 0.15) is 23.9 Å². The summed E-state index contributed by atoms with van der Waals surface area (Å²) in [6.45, 7) is 1.17. The number of rotatable bonds is 18. The second-order valence-electron chi connectivity index (χ2n) is 13.2. The topological polar surface area (TPSA) is 195 Å². The summed E-state index contributed by atoms with van der Waals surface area (Å²) in [6, 6.07) is 17.0. The maximum Gasteiger partial charge on any atom is 0.389 e. The van der Waals surface area contributed by atoms with E-state index in [2.05, 4.69) is 10.6 Å². The zero-order valence-corrected chi connectivity index (χ0v) is 30.5. The van der Waals surface area contributed by atoms with Gasteiger partial charge in [-0.05, 0) is 92.3 Å². The highest BCUT2D eigenvalue weighted by Crippen LogP contribution is 2.45. The highest BCUT2D eigenvalue weighted by molar-refractivity contribution is 5.98. The van der Waals surface area contributed by atoms with E-state index in [9.17, 15) is 52.2 Å². The van der Waals surface area contributed by atoms with Gasteiger partial charge in [-0.3, -0.25) is 19.2 Å². The molecule has 56 heavy (non-hydrogen) atoms. The quantitative estimate of drug-likeness (QED) is 0.0459. The van der Waals surface area contributed by atoms with Crippen molar-refractivity contribution in [3.63, 3.8) is 0 Å². The van der Waals surface area contributed by atoms with Crippen LogP contribution in [-0.4, -0.2) is 65.6 Å². The molecule has 0 spiro atoms. The summed E-state index contributed by atoms with van der Waals surface area (Å²) in [7, 11) is 1.61. The molecule has 0 bridgehead atoms. The van der Waals surface area contributed by atoms with Crippen molar-refractivity contribution in [1.29, 1.82) is 0 Å². The van der Waals surface area contributed by atoms with Crippen LogP contribution in [0.3, 0.4) is 0 Å². The van der Waals surface area contributed by atoms with Gasteiger partial charge in [-0.15, -0.1) is 0 Å². The van der Waals surface area contributed by atoms with Crippen LogP contribution in [0, 0.1) is 23.7 Å². The average Bonchev–Trinajstić information content (AvgIpc) is 3.53. The Labute approximate surface area is 319 Å². The highest BCUT2D eigenvalue weighted by atomic mass is 19.4. The Morgan fingerprint density at radius 2 is 1.57 bits per heavy atom. The third-order valence-corrected chi connectivity index (χ3v) is 9.15. The van der Waals surface area contributed by atoms with Crippen LogP contribution < -0.4 is 20.1 Å². The predicted octanol–water partition coefficient (Wildman–Crippen LogP) is 6.77.